The molecule has 0 atom stereocenters. The van der Waals surface area contributed by atoms with Crippen molar-refractivity contribution in [1.29, 1.82) is 0 Å². The molecule has 1 fully saturated rings. The molecular weight excluding hydrogens is 246 g/mol. The predicted molar refractivity (Wildman–Crippen MR) is 78.4 cm³/mol. The molecule has 0 spiro atoms. The number of nitrogens with zero attached hydrogens (tertiary/aromatic N) is 2. The van der Waals surface area contributed by atoms with Crippen LogP contribution in [-0.2, 0) is 0 Å². The fourth-order valence-electron chi connectivity index (χ4n) is 2.18. The maximum absolute atomic E-state index is 5.56. The largest absolute Gasteiger partial charge is 0.497 e. The summed E-state index contributed by atoms with van der Waals surface area (Å²) in [7, 11) is 1.68. The lowest BCUT2D eigenvalue weighted by atomic mass is 10.2. The Hall–Kier alpha value is -1.33. The lowest BCUT2D eigenvalue weighted by Crippen LogP contribution is -2.48. The first kappa shape index (κ1) is 13.1. The number of ether oxygens (including phenoxy) is 1. The Morgan fingerprint density at radius 1 is 1.22 bits per heavy atom. The van der Waals surface area contributed by atoms with Crippen LogP contribution in [0.1, 0.15) is 0 Å². The monoisotopic (exact) mass is 265 g/mol. The van der Waals surface area contributed by atoms with Crippen LogP contribution in [0.15, 0.2) is 24.3 Å². The van der Waals surface area contributed by atoms with Gasteiger partial charge in [-0.2, -0.15) is 0 Å². The van der Waals surface area contributed by atoms with E-state index in [1.807, 2.05) is 12.1 Å². The van der Waals surface area contributed by atoms with E-state index < -0.39 is 0 Å². The zero-order valence-electron chi connectivity index (χ0n) is 10.6. The lowest BCUT2D eigenvalue weighted by Gasteiger charge is -2.35. The number of hydrogen-bond acceptors (Lipinski definition) is 4. The van der Waals surface area contributed by atoms with Crippen LogP contribution in [0.4, 0.5) is 5.69 Å². The molecule has 1 aliphatic heterocycles. The standard InChI is InChI=1S/C13H19N3OS/c1-17-12-4-2-11(3-5-12)16-8-6-15(7-9-16)10-13(14)18/h2-5H,6-10H2,1H3,(H2,14,18). The second-order valence-electron chi connectivity index (χ2n) is 4.43. The number of benzene rings is 1. The molecule has 98 valence electrons. The van der Waals surface area contributed by atoms with E-state index in [1.54, 1.807) is 7.11 Å². The van der Waals surface area contributed by atoms with E-state index in [0.29, 0.717) is 4.99 Å². The summed E-state index contributed by atoms with van der Waals surface area (Å²) in [4.78, 5) is 5.24. The van der Waals surface area contributed by atoms with E-state index in [9.17, 15) is 0 Å². The average Bonchev–Trinajstić information content (AvgIpc) is 2.39. The molecule has 1 aromatic rings. The number of piperazine rings is 1. The molecule has 0 saturated carbocycles. The van der Waals surface area contributed by atoms with E-state index in [-0.39, 0.29) is 0 Å². The Balaban J connectivity index is 1.90. The Morgan fingerprint density at radius 2 is 1.83 bits per heavy atom. The highest BCUT2D eigenvalue weighted by atomic mass is 32.1. The molecule has 1 saturated heterocycles. The average molecular weight is 265 g/mol. The van der Waals surface area contributed by atoms with Crippen LogP contribution in [0.3, 0.4) is 0 Å². The smallest absolute Gasteiger partial charge is 0.119 e. The highest BCUT2D eigenvalue weighted by Crippen LogP contribution is 2.20. The maximum atomic E-state index is 5.56. The van der Waals surface area contributed by atoms with E-state index >= 15 is 0 Å². The minimum atomic E-state index is 0.577. The maximum Gasteiger partial charge on any atom is 0.119 e. The zero-order valence-corrected chi connectivity index (χ0v) is 11.4. The summed E-state index contributed by atoms with van der Waals surface area (Å²) in [6.45, 7) is 4.75. The van der Waals surface area contributed by atoms with Crippen LogP contribution in [0.5, 0.6) is 5.75 Å². The first-order chi connectivity index (χ1) is 8.69. The summed E-state index contributed by atoms with van der Waals surface area (Å²) in [5.41, 5.74) is 6.80. The van der Waals surface area contributed by atoms with Crippen molar-refractivity contribution in [3.63, 3.8) is 0 Å². The molecular formula is C13H19N3OS. The molecule has 0 bridgehead atoms. The van der Waals surface area contributed by atoms with Gasteiger partial charge in [-0.05, 0) is 24.3 Å². The molecule has 1 aliphatic rings. The quantitative estimate of drug-likeness (QED) is 0.826. The van der Waals surface area contributed by atoms with E-state index in [4.69, 9.17) is 22.7 Å². The van der Waals surface area contributed by atoms with Gasteiger partial charge >= 0.3 is 0 Å². The number of nitrogens with two attached hydrogens (primary N) is 1. The number of methoxy groups -OCH3 is 1. The molecule has 0 aromatic heterocycles. The van der Waals surface area contributed by atoms with Gasteiger partial charge in [0.15, 0.2) is 0 Å². The van der Waals surface area contributed by atoms with E-state index in [2.05, 4.69) is 21.9 Å². The van der Waals surface area contributed by atoms with Crippen LogP contribution >= 0.6 is 12.2 Å². The van der Waals surface area contributed by atoms with Crippen molar-refractivity contribution in [2.75, 3.05) is 44.7 Å². The van der Waals surface area contributed by atoms with Crippen molar-refractivity contribution in [3.8, 4) is 5.75 Å². The molecule has 0 amide bonds. The lowest BCUT2D eigenvalue weighted by molar-refractivity contribution is 0.292. The van der Waals surface area contributed by atoms with Gasteiger partial charge in [0, 0.05) is 38.4 Å². The van der Waals surface area contributed by atoms with Crippen molar-refractivity contribution < 1.29 is 4.74 Å². The van der Waals surface area contributed by atoms with Crippen LogP contribution in [0.25, 0.3) is 0 Å². The van der Waals surface area contributed by atoms with Crippen molar-refractivity contribution in [1.82, 2.24) is 4.90 Å². The summed E-state index contributed by atoms with van der Waals surface area (Å²) in [6.07, 6.45) is 0. The van der Waals surface area contributed by atoms with Crippen LogP contribution in [-0.4, -0.2) is 49.7 Å². The third-order valence-electron chi connectivity index (χ3n) is 3.19. The first-order valence-electron chi connectivity index (χ1n) is 6.08. The molecule has 0 radical (unpaired) electrons. The third kappa shape index (κ3) is 3.34. The second-order valence-corrected chi connectivity index (χ2v) is 4.95. The summed E-state index contributed by atoms with van der Waals surface area (Å²) in [6, 6.07) is 8.19. The molecule has 4 nitrogen and oxygen atoms in total. The number of thiocarbonyl (C=S) groups is 1. The van der Waals surface area contributed by atoms with Gasteiger partial charge in [0.1, 0.15) is 5.75 Å². The minimum absolute atomic E-state index is 0.577. The third-order valence-corrected chi connectivity index (χ3v) is 3.32. The molecule has 0 unspecified atom stereocenters. The van der Waals surface area contributed by atoms with Gasteiger partial charge in [-0.25, -0.2) is 0 Å². The zero-order chi connectivity index (χ0) is 13.0. The van der Waals surface area contributed by atoms with Gasteiger partial charge in [0.2, 0.25) is 0 Å². The Kier molecular flexibility index (Phi) is 4.38. The highest BCUT2D eigenvalue weighted by molar-refractivity contribution is 7.80. The number of anilines is 1. The molecule has 0 aliphatic carbocycles. The van der Waals surface area contributed by atoms with Crippen LogP contribution < -0.4 is 15.4 Å². The Morgan fingerprint density at radius 3 is 2.33 bits per heavy atom. The topological polar surface area (TPSA) is 41.7 Å². The SMILES string of the molecule is COc1ccc(N2CCN(CC(N)=S)CC2)cc1. The van der Waals surface area contributed by atoms with Gasteiger partial charge in [0.05, 0.1) is 12.1 Å². The molecule has 18 heavy (non-hydrogen) atoms. The minimum Gasteiger partial charge on any atom is -0.497 e. The molecule has 2 rings (SSSR count). The number of hydrogen-bond donors (Lipinski definition) is 1. The first-order valence-corrected chi connectivity index (χ1v) is 6.49. The summed E-state index contributed by atoms with van der Waals surface area (Å²) in [5, 5.41) is 0. The van der Waals surface area contributed by atoms with Gasteiger partial charge < -0.3 is 15.4 Å². The summed E-state index contributed by atoms with van der Waals surface area (Å²) < 4.78 is 5.16. The Bertz CT molecular complexity index is 399. The van der Waals surface area contributed by atoms with Gasteiger partial charge in [-0.3, -0.25) is 4.90 Å². The Labute approximate surface area is 113 Å². The van der Waals surface area contributed by atoms with Gasteiger partial charge in [-0.1, -0.05) is 12.2 Å². The van der Waals surface area contributed by atoms with Crippen LogP contribution in [0, 0.1) is 0 Å². The second kappa shape index (κ2) is 6.02. The van der Waals surface area contributed by atoms with Crippen molar-refractivity contribution >= 4 is 22.9 Å². The predicted octanol–water partition coefficient (Wildman–Crippen LogP) is 1.10. The summed E-state index contributed by atoms with van der Waals surface area (Å²) in [5.74, 6) is 0.894. The highest BCUT2D eigenvalue weighted by Gasteiger charge is 2.17. The molecule has 1 aromatic carbocycles. The van der Waals surface area contributed by atoms with E-state index in [0.717, 1.165) is 38.5 Å². The molecule has 5 heteroatoms. The molecule has 1 heterocycles. The van der Waals surface area contributed by atoms with Crippen LogP contribution in [0.2, 0.25) is 0 Å². The fourth-order valence-corrected chi connectivity index (χ4v) is 2.36. The number of rotatable bonds is 4. The summed E-state index contributed by atoms with van der Waals surface area (Å²) >= 11 is 4.94. The van der Waals surface area contributed by atoms with Crippen molar-refractivity contribution in [2.24, 2.45) is 5.73 Å². The normalized spacial score (nSPS) is 16.6. The molecule has 2 N–H and O–H groups in total. The van der Waals surface area contributed by atoms with Crippen molar-refractivity contribution in [3.05, 3.63) is 24.3 Å². The van der Waals surface area contributed by atoms with Crippen molar-refractivity contribution in [2.45, 2.75) is 0 Å². The van der Waals surface area contributed by atoms with E-state index in [1.165, 1.54) is 5.69 Å². The van der Waals surface area contributed by atoms with Gasteiger partial charge in [-0.15, -0.1) is 0 Å². The van der Waals surface area contributed by atoms with Gasteiger partial charge in [0.25, 0.3) is 0 Å². The fraction of sp³-hybridized carbons (Fsp3) is 0.462.